The van der Waals surface area contributed by atoms with Crippen LogP contribution in [0.2, 0.25) is 0 Å². The van der Waals surface area contributed by atoms with Crippen LogP contribution in [0.15, 0.2) is 69.5 Å². The molecular formula is C42H36F6N6O8. The molecule has 6 heterocycles. The Morgan fingerprint density at radius 3 is 1.66 bits per heavy atom. The van der Waals surface area contributed by atoms with Crippen molar-refractivity contribution in [3.8, 4) is 11.5 Å². The first kappa shape index (κ1) is 43.0. The molecule has 4 aromatic rings. The summed E-state index contributed by atoms with van der Waals surface area (Å²) in [6.45, 7) is 3.97. The van der Waals surface area contributed by atoms with Crippen LogP contribution in [0.3, 0.4) is 0 Å². The Morgan fingerprint density at radius 2 is 1.15 bits per heavy atom. The van der Waals surface area contributed by atoms with E-state index in [1.807, 2.05) is 26.0 Å². The molecule has 0 aliphatic carbocycles. The number of rotatable bonds is 6. The fraction of sp³-hybridized carbons (Fsp3) is 0.286. The number of amides is 4. The van der Waals surface area contributed by atoms with Crippen LogP contribution in [0.5, 0.6) is 11.5 Å². The van der Waals surface area contributed by atoms with Crippen LogP contribution in [0.4, 0.5) is 26.3 Å². The molecule has 14 nitrogen and oxygen atoms in total. The van der Waals surface area contributed by atoms with Crippen molar-refractivity contribution in [3.05, 3.63) is 149 Å². The molecule has 0 radical (unpaired) electrons. The number of pyridine rings is 2. The lowest BCUT2D eigenvalue weighted by molar-refractivity contribution is 0.0681. The van der Waals surface area contributed by atoms with Gasteiger partial charge in [-0.3, -0.25) is 28.8 Å². The van der Waals surface area contributed by atoms with Gasteiger partial charge in [0.1, 0.15) is 46.0 Å². The Morgan fingerprint density at radius 1 is 0.677 bits per heavy atom. The number of carbonyl (C=O) groups is 4. The van der Waals surface area contributed by atoms with Crippen molar-refractivity contribution in [2.24, 2.45) is 0 Å². The third-order valence-corrected chi connectivity index (χ3v) is 11.0. The Hall–Kier alpha value is -7.12. The second-order valence-corrected chi connectivity index (χ2v) is 15.2. The van der Waals surface area contributed by atoms with E-state index in [1.165, 1.54) is 31.3 Å². The van der Waals surface area contributed by atoms with E-state index in [9.17, 15) is 65.3 Å². The van der Waals surface area contributed by atoms with E-state index in [0.717, 1.165) is 11.1 Å². The smallest absolute Gasteiger partial charge is 0.274 e. The van der Waals surface area contributed by atoms with Gasteiger partial charge in [0.15, 0.2) is 22.9 Å². The second kappa shape index (κ2) is 16.7. The maximum atomic E-state index is 13.8. The molecule has 20 heteroatoms. The molecule has 0 saturated heterocycles. The van der Waals surface area contributed by atoms with E-state index in [0.29, 0.717) is 63.3 Å². The number of halogens is 6. The largest absolute Gasteiger partial charge is 0.503 e. The highest BCUT2D eigenvalue weighted by molar-refractivity contribution is 6.00. The van der Waals surface area contributed by atoms with Crippen molar-refractivity contribution >= 4 is 23.6 Å². The first-order valence-electron chi connectivity index (χ1n) is 19.0. The molecule has 0 fully saturated rings. The van der Waals surface area contributed by atoms with Crippen molar-refractivity contribution in [2.45, 2.75) is 51.9 Å². The molecule has 324 valence electrons. The van der Waals surface area contributed by atoms with Crippen LogP contribution in [0.1, 0.15) is 91.6 Å². The number of hydrogen-bond donors (Lipinski definition) is 4. The van der Waals surface area contributed by atoms with Gasteiger partial charge in [0, 0.05) is 87.1 Å². The van der Waals surface area contributed by atoms with Crippen molar-refractivity contribution in [1.29, 1.82) is 0 Å². The molecular weight excluding hydrogens is 830 g/mol. The molecule has 4 bridgehead atoms. The number of nitrogens with one attached hydrogen (secondary N) is 2. The minimum Gasteiger partial charge on any atom is -0.503 e. The van der Waals surface area contributed by atoms with Crippen molar-refractivity contribution in [3.63, 3.8) is 0 Å². The lowest BCUT2D eigenvalue weighted by Crippen LogP contribution is -2.44. The number of hydrogen-bond acceptors (Lipinski definition) is 8. The van der Waals surface area contributed by atoms with E-state index in [4.69, 9.17) is 0 Å². The molecule has 4 aliphatic heterocycles. The Balaban J connectivity index is 0.000000186. The number of aromatic nitrogens is 2. The van der Waals surface area contributed by atoms with Gasteiger partial charge in [0.25, 0.3) is 23.6 Å². The fourth-order valence-electron chi connectivity index (χ4n) is 7.76. The van der Waals surface area contributed by atoms with Crippen LogP contribution in [0.25, 0.3) is 0 Å². The van der Waals surface area contributed by atoms with Gasteiger partial charge < -0.3 is 39.8 Å². The highest BCUT2D eigenvalue weighted by Crippen LogP contribution is 2.33. The Labute approximate surface area is 347 Å². The van der Waals surface area contributed by atoms with Gasteiger partial charge >= 0.3 is 0 Å². The molecule has 62 heavy (non-hydrogen) atoms. The summed E-state index contributed by atoms with van der Waals surface area (Å²) in [6.07, 6.45) is 7.32. The lowest BCUT2D eigenvalue weighted by Gasteiger charge is -2.34. The molecule has 4 N–H and O–H groups in total. The summed E-state index contributed by atoms with van der Waals surface area (Å²) >= 11 is 0. The monoisotopic (exact) mass is 866 g/mol. The summed E-state index contributed by atoms with van der Waals surface area (Å²) in [5.41, 5.74) is -2.64. The van der Waals surface area contributed by atoms with Gasteiger partial charge in [-0.1, -0.05) is 23.3 Å². The van der Waals surface area contributed by atoms with Crippen molar-refractivity contribution in [1.82, 2.24) is 29.6 Å². The highest BCUT2D eigenvalue weighted by atomic mass is 19.2. The number of allylic oxidation sites excluding steroid dienone is 1. The van der Waals surface area contributed by atoms with Gasteiger partial charge in [-0.25, -0.2) is 26.3 Å². The highest BCUT2D eigenvalue weighted by Gasteiger charge is 2.38. The third-order valence-electron chi connectivity index (χ3n) is 11.0. The Kier molecular flexibility index (Phi) is 11.6. The molecule has 0 saturated carbocycles. The first-order valence-corrected chi connectivity index (χ1v) is 19.0. The summed E-state index contributed by atoms with van der Waals surface area (Å²) in [5, 5.41) is 25.2. The summed E-state index contributed by atoms with van der Waals surface area (Å²) in [7, 11) is 0. The van der Waals surface area contributed by atoms with Gasteiger partial charge in [-0.2, -0.15) is 0 Å². The molecule has 8 rings (SSSR count). The van der Waals surface area contributed by atoms with Crippen LogP contribution >= 0.6 is 0 Å². The molecule has 2 aromatic heterocycles. The number of fused-ring (bicyclic) bond motifs is 8. The lowest BCUT2D eigenvalue weighted by atomic mass is 10.0. The zero-order chi connectivity index (χ0) is 44.9. The zero-order valence-electron chi connectivity index (χ0n) is 32.8. The predicted octanol–water partition coefficient (Wildman–Crippen LogP) is 4.50. The van der Waals surface area contributed by atoms with Crippen LogP contribution < -0.4 is 21.5 Å². The van der Waals surface area contributed by atoms with Gasteiger partial charge in [0.2, 0.25) is 10.9 Å². The summed E-state index contributed by atoms with van der Waals surface area (Å²) in [5.74, 6) is -11.7. The van der Waals surface area contributed by atoms with Gasteiger partial charge in [0.05, 0.1) is 12.1 Å². The van der Waals surface area contributed by atoms with E-state index < -0.39 is 116 Å². The third kappa shape index (κ3) is 8.06. The number of benzene rings is 2. The Bertz CT molecular complexity index is 2740. The molecule has 0 spiro atoms. The molecule has 0 unspecified atom stereocenters. The second-order valence-electron chi connectivity index (χ2n) is 15.2. The summed E-state index contributed by atoms with van der Waals surface area (Å²) < 4.78 is 84.1. The quantitative estimate of drug-likeness (QED) is 0.162. The topological polar surface area (TPSA) is 183 Å². The molecule has 2 aromatic carbocycles. The van der Waals surface area contributed by atoms with Gasteiger partial charge in [-0.15, -0.1) is 0 Å². The van der Waals surface area contributed by atoms with Crippen LogP contribution in [-0.2, 0) is 13.1 Å². The van der Waals surface area contributed by atoms with E-state index >= 15 is 0 Å². The maximum Gasteiger partial charge on any atom is 0.274 e. The molecule has 4 amide bonds. The minimum absolute atomic E-state index is 0.198. The van der Waals surface area contributed by atoms with Crippen molar-refractivity contribution in [2.75, 3.05) is 26.2 Å². The standard InChI is InChI=1S/2C21H18F3N3O4/c2*1-10-2-3-26-8-12(4-10)27-9-14(18(28)19(29)17(27)21(26)31)20(30)25-7-13-15(23)5-11(22)6-16(13)24/h4-6,9,12,29H,2-3,7-8H2,1H3,(H,25,30);2,5-6,9,12,29H,3-4,7-8H2,1H3,(H,25,30)/t2*12-/m00/s1. The first-order chi connectivity index (χ1) is 29.3. The summed E-state index contributed by atoms with van der Waals surface area (Å²) in [6, 6.07) is 1.22. The number of aromatic hydroxyl groups is 2. The molecule has 2 atom stereocenters. The van der Waals surface area contributed by atoms with E-state index in [2.05, 4.69) is 10.6 Å². The zero-order valence-corrected chi connectivity index (χ0v) is 32.8. The van der Waals surface area contributed by atoms with Crippen LogP contribution in [-0.4, -0.2) is 79.0 Å². The van der Waals surface area contributed by atoms with Gasteiger partial charge in [-0.05, 0) is 26.7 Å². The summed E-state index contributed by atoms with van der Waals surface area (Å²) in [4.78, 5) is 78.8. The SMILES string of the molecule is CC1=CCN2C[C@H](C1)n1cc(C(=O)NCc3c(F)cc(F)cc3F)c(=O)c(O)c1C2=O.CC1=C[C@H]2CN(CC1)C(=O)c1c(O)c(=O)c(C(=O)NCc3c(F)cc(F)cc3F)cn12. The van der Waals surface area contributed by atoms with Crippen LogP contribution in [0, 0.1) is 34.9 Å². The average Bonchev–Trinajstić information content (AvgIpc) is 3.49. The number of carbonyl (C=O) groups excluding carboxylic acids is 4. The fourth-order valence-corrected chi connectivity index (χ4v) is 7.76. The number of nitrogens with zero attached hydrogens (tertiary/aromatic N) is 4. The van der Waals surface area contributed by atoms with E-state index in [1.54, 1.807) is 0 Å². The maximum absolute atomic E-state index is 13.8. The van der Waals surface area contributed by atoms with E-state index in [-0.39, 0.29) is 23.5 Å². The predicted molar refractivity (Wildman–Crippen MR) is 206 cm³/mol. The minimum atomic E-state index is -1.19. The van der Waals surface area contributed by atoms with Crippen molar-refractivity contribution < 1.29 is 55.7 Å². The normalized spacial score (nSPS) is 17.7. The molecule has 4 aliphatic rings. The average molecular weight is 867 g/mol.